The predicted octanol–water partition coefficient (Wildman–Crippen LogP) is 3.16. The Morgan fingerprint density at radius 2 is 1.56 bits per heavy atom. The summed E-state index contributed by atoms with van der Waals surface area (Å²) in [6.45, 7) is 7.96. The SMILES string of the molecule is CCCC(CC)(CN)N1CCCCCCC1. The zero-order valence-corrected chi connectivity index (χ0v) is 11.3. The lowest BCUT2D eigenvalue weighted by atomic mass is 9.87. The van der Waals surface area contributed by atoms with Gasteiger partial charge in [0.05, 0.1) is 0 Å². The fourth-order valence-corrected chi connectivity index (χ4v) is 3.12. The fourth-order valence-electron chi connectivity index (χ4n) is 3.12. The Hall–Kier alpha value is -0.0800. The van der Waals surface area contributed by atoms with Gasteiger partial charge in [-0.2, -0.15) is 0 Å². The van der Waals surface area contributed by atoms with E-state index in [9.17, 15) is 0 Å². The maximum atomic E-state index is 6.08. The monoisotopic (exact) mass is 226 g/mol. The molecule has 96 valence electrons. The van der Waals surface area contributed by atoms with Crippen molar-refractivity contribution in [2.45, 2.75) is 70.8 Å². The van der Waals surface area contributed by atoms with Crippen LogP contribution in [0.2, 0.25) is 0 Å². The van der Waals surface area contributed by atoms with Gasteiger partial charge in [-0.05, 0) is 38.8 Å². The Labute approximate surface area is 102 Å². The summed E-state index contributed by atoms with van der Waals surface area (Å²) in [5, 5.41) is 0. The van der Waals surface area contributed by atoms with Gasteiger partial charge in [0.2, 0.25) is 0 Å². The van der Waals surface area contributed by atoms with Crippen molar-refractivity contribution in [3.05, 3.63) is 0 Å². The first-order valence-corrected chi connectivity index (χ1v) is 7.24. The van der Waals surface area contributed by atoms with Gasteiger partial charge in [-0.1, -0.05) is 39.5 Å². The van der Waals surface area contributed by atoms with Gasteiger partial charge in [-0.25, -0.2) is 0 Å². The van der Waals surface area contributed by atoms with Crippen molar-refractivity contribution in [2.75, 3.05) is 19.6 Å². The molecule has 0 spiro atoms. The number of likely N-dealkylation sites (tertiary alicyclic amines) is 1. The van der Waals surface area contributed by atoms with E-state index in [-0.39, 0.29) is 0 Å². The summed E-state index contributed by atoms with van der Waals surface area (Å²) < 4.78 is 0. The van der Waals surface area contributed by atoms with Gasteiger partial charge in [-0.15, -0.1) is 0 Å². The van der Waals surface area contributed by atoms with Crippen molar-refractivity contribution in [3.63, 3.8) is 0 Å². The summed E-state index contributed by atoms with van der Waals surface area (Å²) in [7, 11) is 0. The van der Waals surface area contributed by atoms with Gasteiger partial charge in [0.15, 0.2) is 0 Å². The zero-order chi connectivity index (χ0) is 11.9. The maximum Gasteiger partial charge on any atom is 0.0329 e. The highest BCUT2D eigenvalue weighted by Crippen LogP contribution is 2.27. The first-order valence-electron chi connectivity index (χ1n) is 7.24. The van der Waals surface area contributed by atoms with Crippen LogP contribution in [0.15, 0.2) is 0 Å². The molecule has 16 heavy (non-hydrogen) atoms. The molecular formula is C14H30N2. The van der Waals surface area contributed by atoms with E-state index in [0.29, 0.717) is 5.54 Å². The Balaban J connectivity index is 2.65. The molecule has 1 aliphatic heterocycles. The second-order valence-corrected chi connectivity index (χ2v) is 5.29. The topological polar surface area (TPSA) is 29.3 Å². The van der Waals surface area contributed by atoms with Gasteiger partial charge in [-0.3, -0.25) is 4.90 Å². The second kappa shape index (κ2) is 7.29. The lowest BCUT2D eigenvalue weighted by Crippen LogP contribution is -2.54. The average molecular weight is 226 g/mol. The van der Waals surface area contributed by atoms with E-state index in [1.807, 2.05) is 0 Å². The molecule has 2 nitrogen and oxygen atoms in total. The molecule has 0 aliphatic carbocycles. The minimum atomic E-state index is 0.298. The Morgan fingerprint density at radius 1 is 1.00 bits per heavy atom. The third-order valence-electron chi connectivity index (χ3n) is 4.28. The molecule has 2 N–H and O–H groups in total. The minimum absolute atomic E-state index is 0.298. The zero-order valence-electron chi connectivity index (χ0n) is 11.3. The van der Waals surface area contributed by atoms with Crippen LogP contribution in [0.1, 0.15) is 65.2 Å². The summed E-state index contributed by atoms with van der Waals surface area (Å²) in [6.07, 6.45) is 10.7. The normalized spacial score (nSPS) is 23.4. The van der Waals surface area contributed by atoms with Crippen molar-refractivity contribution in [3.8, 4) is 0 Å². The quantitative estimate of drug-likeness (QED) is 0.780. The number of hydrogen-bond acceptors (Lipinski definition) is 2. The van der Waals surface area contributed by atoms with E-state index < -0.39 is 0 Å². The summed E-state index contributed by atoms with van der Waals surface area (Å²) in [6, 6.07) is 0. The van der Waals surface area contributed by atoms with Gasteiger partial charge in [0.1, 0.15) is 0 Å². The van der Waals surface area contributed by atoms with Crippen LogP contribution < -0.4 is 5.73 Å². The molecule has 2 heteroatoms. The number of hydrogen-bond donors (Lipinski definition) is 1. The molecule has 1 rings (SSSR count). The number of rotatable bonds is 5. The van der Waals surface area contributed by atoms with E-state index in [2.05, 4.69) is 18.7 Å². The molecule has 0 aromatic rings. The van der Waals surface area contributed by atoms with Crippen LogP contribution in [0, 0.1) is 0 Å². The Bertz CT molecular complexity index is 168. The highest BCUT2D eigenvalue weighted by molar-refractivity contribution is 4.90. The Kier molecular flexibility index (Phi) is 6.37. The third-order valence-corrected chi connectivity index (χ3v) is 4.28. The van der Waals surface area contributed by atoms with Crippen molar-refractivity contribution in [2.24, 2.45) is 5.73 Å². The molecule has 1 aliphatic rings. The van der Waals surface area contributed by atoms with Crippen LogP contribution in [0.4, 0.5) is 0 Å². The van der Waals surface area contributed by atoms with Gasteiger partial charge >= 0.3 is 0 Å². The van der Waals surface area contributed by atoms with Crippen LogP contribution in [0.5, 0.6) is 0 Å². The summed E-state index contributed by atoms with van der Waals surface area (Å²) in [4.78, 5) is 2.70. The largest absolute Gasteiger partial charge is 0.329 e. The third kappa shape index (κ3) is 3.46. The lowest BCUT2D eigenvalue weighted by Gasteiger charge is -2.44. The van der Waals surface area contributed by atoms with Crippen LogP contribution in [-0.2, 0) is 0 Å². The molecule has 1 heterocycles. The molecule has 0 aromatic heterocycles. The van der Waals surface area contributed by atoms with E-state index >= 15 is 0 Å². The minimum Gasteiger partial charge on any atom is -0.329 e. The highest BCUT2D eigenvalue weighted by Gasteiger charge is 2.32. The molecule has 0 saturated carbocycles. The van der Waals surface area contributed by atoms with E-state index in [0.717, 1.165) is 6.54 Å². The van der Waals surface area contributed by atoms with Crippen LogP contribution in [0.3, 0.4) is 0 Å². The lowest BCUT2D eigenvalue weighted by molar-refractivity contribution is 0.0707. The molecule has 1 atom stereocenters. The maximum absolute atomic E-state index is 6.08. The van der Waals surface area contributed by atoms with E-state index in [1.54, 1.807) is 0 Å². The van der Waals surface area contributed by atoms with Gasteiger partial charge in [0, 0.05) is 12.1 Å². The van der Waals surface area contributed by atoms with Crippen molar-refractivity contribution in [1.29, 1.82) is 0 Å². The summed E-state index contributed by atoms with van der Waals surface area (Å²) in [5.74, 6) is 0. The van der Waals surface area contributed by atoms with Gasteiger partial charge < -0.3 is 5.73 Å². The molecule has 0 aromatic carbocycles. The number of nitrogens with two attached hydrogens (primary N) is 1. The number of nitrogens with zero attached hydrogens (tertiary/aromatic N) is 1. The van der Waals surface area contributed by atoms with Crippen LogP contribution >= 0.6 is 0 Å². The Morgan fingerprint density at radius 3 is 2.00 bits per heavy atom. The highest BCUT2D eigenvalue weighted by atomic mass is 15.2. The van der Waals surface area contributed by atoms with Crippen LogP contribution in [0.25, 0.3) is 0 Å². The summed E-state index contributed by atoms with van der Waals surface area (Å²) >= 11 is 0. The van der Waals surface area contributed by atoms with Crippen molar-refractivity contribution in [1.82, 2.24) is 4.90 Å². The molecule has 1 saturated heterocycles. The predicted molar refractivity (Wildman–Crippen MR) is 71.6 cm³/mol. The van der Waals surface area contributed by atoms with E-state index in [4.69, 9.17) is 5.73 Å². The van der Waals surface area contributed by atoms with E-state index in [1.165, 1.54) is 64.5 Å². The van der Waals surface area contributed by atoms with Gasteiger partial charge in [0.25, 0.3) is 0 Å². The molecule has 0 amide bonds. The molecule has 0 radical (unpaired) electrons. The van der Waals surface area contributed by atoms with Crippen molar-refractivity contribution >= 4 is 0 Å². The van der Waals surface area contributed by atoms with Crippen LogP contribution in [-0.4, -0.2) is 30.1 Å². The smallest absolute Gasteiger partial charge is 0.0329 e. The first-order chi connectivity index (χ1) is 7.79. The van der Waals surface area contributed by atoms with Crippen molar-refractivity contribution < 1.29 is 0 Å². The second-order valence-electron chi connectivity index (χ2n) is 5.29. The molecule has 1 fully saturated rings. The standard InChI is InChI=1S/C14H30N2/c1-3-10-14(4-2,13-15)16-11-8-6-5-7-9-12-16/h3-13,15H2,1-2H3. The molecule has 1 unspecified atom stereocenters. The fraction of sp³-hybridized carbons (Fsp3) is 1.00. The molecular weight excluding hydrogens is 196 g/mol. The first kappa shape index (κ1) is 14.0. The molecule has 0 bridgehead atoms. The summed E-state index contributed by atoms with van der Waals surface area (Å²) in [5.41, 5.74) is 6.38. The average Bonchev–Trinajstić information content (AvgIpc) is 2.26.